The normalized spacial score (nSPS) is 34.8. The van der Waals surface area contributed by atoms with Crippen molar-refractivity contribution in [1.29, 1.82) is 0 Å². The number of hydrogen-bond donors (Lipinski definition) is 1. The van der Waals surface area contributed by atoms with Crippen molar-refractivity contribution in [2.24, 2.45) is 5.92 Å². The summed E-state index contributed by atoms with van der Waals surface area (Å²) in [5.74, 6) is 1.05. The van der Waals surface area contributed by atoms with Crippen molar-refractivity contribution in [1.82, 2.24) is 10.2 Å². The quantitative estimate of drug-likeness (QED) is 0.768. The molecule has 0 bridgehead atoms. The maximum Gasteiger partial charge on any atom is 0.0169 e. The highest BCUT2D eigenvalue weighted by Gasteiger charge is 2.22. The summed E-state index contributed by atoms with van der Waals surface area (Å²) < 4.78 is 0. The van der Waals surface area contributed by atoms with Gasteiger partial charge in [0.15, 0.2) is 0 Å². The lowest BCUT2D eigenvalue weighted by atomic mass is 10.0. The zero-order valence-corrected chi connectivity index (χ0v) is 10.3. The van der Waals surface area contributed by atoms with Crippen LogP contribution in [0.1, 0.15) is 46.0 Å². The standard InChI is InChI=1S/C13H26N2/c1-11-9-15(10-12(2)14-11)8-7-13-5-3-4-6-13/h11-14H,3-10H2,1-2H3. The first-order chi connectivity index (χ1) is 7.24. The van der Waals surface area contributed by atoms with E-state index in [-0.39, 0.29) is 0 Å². The molecule has 88 valence electrons. The van der Waals surface area contributed by atoms with Crippen LogP contribution in [0.5, 0.6) is 0 Å². The highest BCUT2D eigenvalue weighted by atomic mass is 15.2. The Morgan fingerprint density at radius 1 is 1.07 bits per heavy atom. The fraction of sp³-hybridized carbons (Fsp3) is 1.00. The molecule has 1 aliphatic heterocycles. The maximum absolute atomic E-state index is 3.60. The van der Waals surface area contributed by atoms with Crippen LogP contribution in [0.25, 0.3) is 0 Å². The molecule has 1 aliphatic carbocycles. The summed E-state index contributed by atoms with van der Waals surface area (Å²) in [5, 5.41) is 3.60. The van der Waals surface area contributed by atoms with Gasteiger partial charge >= 0.3 is 0 Å². The number of nitrogens with one attached hydrogen (secondary N) is 1. The molecule has 0 amide bonds. The van der Waals surface area contributed by atoms with Gasteiger partial charge in [-0.05, 0) is 32.7 Å². The van der Waals surface area contributed by atoms with Crippen molar-refractivity contribution < 1.29 is 0 Å². The summed E-state index contributed by atoms with van der Waals surface area (Å²) in [5.41, 5.74) is 0. The van der Waals surface area contributed by atoms with Crippen molar-refractivity contribution in [3.8, 4) is 0 Å². The average Bonchev–Trinajstić information content (AvgIpc) is 2.65. The van der Waals surface area contributed by atoms with Gasteiger partial charge in [0.1, 0.15) is 0 Å². The van der Waals surface area contributed by atoms with Gasteiger partial charge in [-0.25, -0.2) is 0 Å². The third-order valence-electron chi connectivity index (χ3n) is 3.96. The Morgan fingerprint density at radius 2 is 1.67 bits per heavy atom. The molecular formula is C13H26N2. The van der Waals surface area contributed by atoms with Crippen LogP contribution in [-0.4, -0.2) is 36.6 Å². The molecule has 2 rings (SSSR count). The van der Waals surface area contributed by atoms with Gasteiger partial charge in [-0.15, -0.1) is 0 Å². The Bertz CT molecular complexity index is 177. The van der Waals surface area contributed by atoms with Gasteiger partial charge in [-0.3, -0.25) is 0 Å². The Morgan fingerprint density at radius 3 is 2.27 bits per heavy atom. The molecule has 2 fully saturated rings. The molecule has 2 aliphatic rings. The largest absolute Gasteiger partial charge is 0.309 e. The third kappa shape index (κ3) is 3.46. The highest BCUT2D eigenvalue weighted by Crippen LogP contribution is 2.27. The Balaban J connectivity index is 1.69. The van der Waals surface area contributed by atoms with Gasteiger partial charge in [0.2, 0.25) is 0 Å². The molecule has 2 unspecified atom stereocenters. The minimum absolute atomic E-state index is 0.678. The molecule has 2 atom stereocenters. The van der Waals surface area contributed by atoms with E-state index in [1.807, 2.05) is 0 Å². The van der Waals surface area contributed by atoms with Gasteiger partial charge in [0, 0.05) is 25.2 Å². The van der Waals surface area contributed by atoms with E-state index in [1.165, 1.54) is 51.7 Å². The van der Waals surface area contributed by atoms with E-state index in [9.17, 15) is 0 Å². The van der Waals surface area contributed by atoms with Crippen molar-refractivity contribution in [3.63, 3.8) is 0 Å². The summed E-state index contributed by atoms with van der Waals surface area (Å²) in [6.07, 6.45) is 7.41. The third-order valence-corrected chi connectivity index (χ3v) is 3.96. The second-order valence-corrected chi connectivity index (χ2v) is 5.67. The van der Waals surface area contributed by atoms with Gasteiger partial charge in [0.25, 0.3) is 0 Å². The summed E-state index contributed by atoms with van der Waals surface area (Å²) in [6, 6.07) is 1.36. The molecule has 2 heteroatoms. The topological polar surface area (TPSA) is 15.3 Å². The van der Waals surface area contributed by atoms with Crippen LogP contribution < -0.4 is 5.32 Å². The van der Waals surface area contributed by atoms with E-state index >= 15 is 0 Å². The zero-order valence-electron chi connectivity index (χ0n) is 10.3. The fourth-order valence-corrected chi connectivity index (χ4v) is 3.29. The van der Waals surface area contributed by atoms with Gasteiger partial charge < -0.3 is 10.2 Å². The molecule has 1 saturated heterocycles. The van der Waals surface area contributed by atoms with Crippen LogP contribution in [0, 0.1) is 5.92 Å². The number of piperazine rings is 1. The minimum atomic E-state index is 0.678. The van der Waals surface area contributed by atoms with E-state index < -0.39 is 0 Å². The SMILES string of the molecule is CC1CN(CCC2CCCC2)CC(C)N1. The van der Waals surface area contributed by atoms with E-state index in [2.05, 4.69) is 24.1 Å². The first-order valence-electron chi connectivity index (χ1n) is 6.72. The lowest BCUT2D eigenvalue weighted by molar-refractivity contribution is 0.164. The van der Waals surface area contributed by atoms with E-state index in [1.54, 1.807) is 0 Å². The molecule has 1 N–H and O–H groups in total. The lowest BCUT2D eigenvalue weighted by Gasteiger charge is -2.36. The average molecular weight is 210 g/mol. The van der Waals surface area contributed by atoms with E-state index in [0.717, 1.165) is 5.92 Å². The smallest absolute Gasteiger partial charge is 0.0169 e. The van der Waals surface area contributed by atoms with Gasteiger partial charge in [-0.1, -0.05) is 25.7 Å². The van der Waals surface area contributed by atoms with Gasteiger partial charge in [-0.2, -0.15) is 0 Å². The summed E-state index contributed by atoms with van der Waals surface area (Å²) in [4.78, 5) is 2.66. The predicted molar refractivity (Wildman–Crippen MR) is 65.1 cm³/mol. The van der Waals surface area contributed by atoms with Gasteiger partial charge in [0.05, 0.1) is 0 Å². The summed E-state index contributed by atoms with van der Waals surface area (Å²) in [7, 11) is 0. The molecule has 0 aromatic heterocycles. The molecular weight excluding hydrogens is 184 g/mol. The van der Waals surface area contributed by atoms with Crippen molar-refractivity contribution in [3.05, 3.63) is 0 Å². The van der Waals surface area contributed by atoms with Crippen molar-refractivity contribution in [2.45, 2.75) is 58.0 Å². The molecule has 0 radical (unpaired) electrons. The van der Waals surface area contributed by atoms with Crippen molar-refractivity contribution in [2.75, 3.05) is 19.6 Å². The van der Waals surface area contributed by atoms with E-state index in [0.29, 0.717) is 12.1 Å². The van der Waals surface area contributed by atoms with Crippen LogP contribution in [0.3, 0.4) is 0 Å². The molecule has 15 heavy (non-hydrogen) atoms. The molecule has 0 spiro atoms. The molecule has 1 saturated carbocycles. The number of nitrogens with zero attached hydrogens (tertiary/aromatic N) is 1. The summed E-state index contributed by atoms with van der Waals surface area (Å²) >= 11 is 0. The maximum atomic E-state index is 3.60. The Kier molecular flexibility index (Phi) is 4.04. The predicted octanol–water partition coefficient (Wildman–Crippen LogP) is 2.25. The second-order valence-electron chi connectivity index (χ2n) is 5.67. The van der Waals surface area contributed by atoms with Crippen LogP contribution >= 0.6 is 0 Å². The Hall–Kier alpha value is -0.0800. The first-order valence-corrected chi connectivity index (χ1v) is 6.72. The number of rotatable bonds is 3. The zero-order chi connectivity index (χ0) is 10.7. The molecule has 0 aromatic carbocycles. The minimum Gasteiger partial charge on any atom is -0.309 e. The Labute approximate surface area is 94.4 Å². The van der Waals surface area contributed by atoms with Crippen LogP contribution in [0.15, 0.2) is 0 Å². The first kappa shape index (κ1) is 11.4. The van der Waals surface area contributed by atoms with E-state index in [4.69, 9.17) is 0 Å². The molecule has 0 aromatic rings. The molecule has 1 heterocycles. The van der Waals surface area contributed by atoms with Crippen molar-refractivity contribution >= 4 is 0 Å². The van der Waals surface area contributed by atoms with Crippen LogP contribution in [0.4, 0.5) is 0 Å². The van der Waals surface area contributed by atoms with Crippen LogP contribution in [-0.2, 0) is 0 Å². The fourth-order valence-electron chi connectivity index (χ4n) is 3.29. The second kappa shape index (κ2) is 5.31. The summed E-state index contributed by atoms with van der Waals surface area (Å²) in [6.45, 7) is 8.44. The lowest BCUT2D eigenvalue weighted by Crippen LogP contribution is -2.54. The van der Waals surface area contributed by atoms with Crippen LogP contribution in [0.2, 0.25) is 0 Å². The highest BCUT2D eigenvalue weighted by molar-refractivity contribution is 4.81. The monoisotopic (exact) mass is 210 g/mol. The number of hydrogen-bond acceptors (Lipinski definition) is 2. The molecule has 2 nitrogen and oxygen atoms in total.